The smallest absolute Gasteiger partial charge is 0.341 e. The van der Waals surface area contributed by atoms with Crippen LogP contribution in [0, 0.1) is 17.0 Å². The highest BCUT2D eigenvalue weighted by molar-refractivity contribution is 5.79. The maximum absolute atomic E-state index is 13.6. The number of amides is 2. The summed E-state index contributed by atoms with van der Waals surface area (Å²) in [5.41, 5.74) is 0.528. The number of halogens is 2. The molecule has 1 spiro atoms. The molecular weight excluding hydrogens is 364 g/mol. The van der Waals surface area contributed by atoms with Gasteiger partial charge in [-0.3, -0.25) is 0 Å². The predicted octanol–water partition coefficient (Wildman–Crippen LogP) is 3.03. The van der Waals surface area contributed by atoms with Crippen LogP contribution in [0.25, 0.3) is 0 Å². The zero-order chi connectivity index (χ0) is 19.3. The van der Waals surface area contributed by atoms with Crippen LogP contribution in [-0.4, -0.2) is 53.3 Å². The molecule has 0 saturated carbocycles. The molecule has 3 aliphatic heterocycles. The van der Waals surface area contributed by atoms with Crippen molar-refractivity contribution in [2.75, 3.05) is 31.1 Å². The van der Waals surface area contributed by atoms with Gasteiger partial charge in [0.1, 0.15) is 17.5 Å². The molecule has 0 aliphatic carbocycles. The quantitative estimate of drug-likeness (QED) is 0.801. The summed E-state index contributed by atoms with van der Waals surface area (Å²) in [6.07, 6.45) is 3.84. The van der Waals surface area contributed by atoms with Crippen LogP contribution in [0.5, 0.6) is 0 Å². The van der Waals surface area contributed by atoms with Crippen LogP contribution in [0.1, 0.15) is 18.0 Å². The minimum Gasteiger partial charge on any atom is -0.355 e. The number of rotatable bonds is 2. The maximum atomic E-state index is 13.6. The Kier molecular flexibility index (Phi) is 3.82. The third-order valence-electron chi connectivity index (χ3n) is 5.64. The molecule has 3 aliphatic rings. The first-order valence-electron chi connectivity index (χ1n) is 9.26. The number of carbonyl (C=O) groups excluding carboxylic acids is 1. The first-order valence-corrected chi connectivity index (χ1v) is 9.26. The Morgan fingerprint density at radius 3 is 2.50 bits per heavy atom. The monoisotopic (exact) mass is 383 g/mol. The van der Waals surface area contributed by atoms with Crippen molar-refractivity contribution in [2.45, 2.75) is 12.5 Å². The van der Waals surface area contributed by atoms with Crippen LogP contribution in [0.2, 0.25) is 0 Å². The Labute approximate surface area is 161 Å². The molecule has 28 heavy (non-hydrogen) atoms. The Bertz CT molecular complexity index is 917. The topological polar surface area (TPSA) is 52.0 Å². The number of pyridine rings is 1. The largest absolute Gasteiger partial charge is 0.355 e. The van der Waals surface area contributed by atoms with Gasteiger partial charge in [-0.05, 0) is 29.8 Å². The van der Waals surface area contributed by atoms with Crippen molar-refractivity contribution in [3.63, 3.8) is 0 Å². The summed E-state index contributed by atoms with van der Waals surface area (Å²) >= 11 is 0. The second-order valence-electron chi connectivity index (χ2n) is 7.78. The number of hydrazone groups is 1. The van der Waals surface area contributed by atoms with Crippen molar-refractivity contribution in [3.8, 4) is 0 Å². The van der Waals surface area contributed by atoms with Gasteiger partial charge in [0.15, 0.2) is 0 Å². The first kappa shape index (κ1) is 17.1. The fraction of sp³-hybridized carbons (Fsp3) is 0.350. The van der Waals surface area contributed by atoms with E-state index in [1.807, 2.05) is 18.2 Å². The Morgan fingerprint density at radius 1 is 1.07 bits per heavy atom. The van der Waals surface area contributed by atoms with Gasteiger partial charge in [-0.15, -0.1) is 0 Å². The van der Waals surface area contributed by atoms with Crippen LogP contribution in [0.4, 0.5) is 19.4 Å². The molecule has 6 nitrogen and oxygen atoms in total. The number of aromatic nitrogens is 1. The molecule has 2 amide bonds. The van der Waals surface area contributed by atoms with Crippen LogP contribution in [-0.2, 0) is 0 Å². The van der Waals surface area contributed by atoms with Gasteiger partial charge in [0.05, 0.1) is 6.04 Å². The second-order valence-corrected chi connectivity index (χ2v) is 7.78. The summed E-state index contributed by atoms with van der Waals surface area (Å²) in [7, 11) is 0. The van der Waals surface area contributed by atoms with Crippen LogP contribution < -0.4 is 4.90 Å². The summed E-state index contributed by atoms with van der Waals surface area (Å²) < 4.78 is 27.1. The van der Waals surface area contributed by atoms with Gasteiger partial charge >= 0.3 is 6.03 Å². The molecule has 4 heterocycles. The van der Waals surface area contributed by atoms with E-state index in [0.29, 0.717) is 25.1 Å². The minimum absolute atomic E-state index is 0.108. The summed E-state index contributed by atoms with van der Waals surface area (Å²) in [5, 5.41) is 5.51. The zero-order valence-electron chi connectivity index (χ0n) is 15.1. The highest BCUT2D eigenvalue weighted by Crippen LogP contribution is 2.42. The molecule has 0 radical (unpaired) electrons. The van der Waals surface area contributed by atoms with E-state index < -0.39 is 17.7 Å². The molecule has 1 aromatic carbocycles. The SMILES string of the molecule is O=C(N1CC2(C1)CN(c1ccccn1)C2)N1N=CC[C@H]1c1cc(F)cc(F)c1. The van der Waals surface area contributed by atoms with E-state index in [0.717, 1.165) is 25.0 Å². The van der Waals surface area contributed by atoms with E-state index in [2.05, 4.69) is 15.0 Å². The fourth-order valence-corrected chi connectivity index (χ4v) is 4.35. The molecule has 0 unspecified atom stereocenters. The van der Waals surface area contributed by atoms with E-state index in [1.54, 1.807) is 17.3 Å². The van der Waals surface area contributed by atoms with E-state index >= 15 is 0 Å². The number of anilines is 1. The number of hydrogen-bond acceptors (Lipinski definition) is 4. The summed E-state index contributed by atoms with van der Waals surface area (Å²) in [6.45, 7) is 3.06. The molecule has 0 bridgehead atoms. The summed E-state index contributed by atoms with van der Waals surface area (Å²) in [6, 6.07) is 8.50. The van der Waals surface area contributed by atoms with E-state index in [1.165, 1.54) is 17.1 Å². The molecule has 144 valence electrons. The molecular formula is C20H19F2N5O. The van der Waals surface area contributed by atoms with Gasteiger partial charge in [-0.2, -0.15) is 5.10 Å². The number of benzene rings is 1. The van der Waals surface area contributed by atoms with Crippen LogP contribution in [0.3, 0.4) is 0 Å². The van der Waals surface area contributed by atoms with E-state index in [-0.39, 0.29) is 11.4 Å². The van der Waals surface area contributed by atoms with E-state index in [4.69, 9.17) is 0 Å². The van der Waals surface area contributed by atoms with Crippen LogP contribution in [0.15, 0.2) is 47.7 Å². The number of urea groups is 1. The third-order valence-corrected chi connectivity index (χ3v) is 5.64. The summed E-state index contributed by atoms with van der Waals surface area (Å²) in [5.74, 6) is -0.349. The van der Waals surface area contributed by atoms with Crippen molar-refractivity contribution in [1.82, 2.24) is 14.9 Å². The number of nitrogens with zero attached hydrogens (tertiary/aromatic N) is 5. The second kappa shape index (κ2) is 6.25. The fourth-order valence-electron chi connectivity index (χ4n) is 4.35. The Balaban J connectivity index is 1.22. The highest BCUT2D eigenvalue weighted by Gasteiger charge is 2.54. The molecule has 2 aromatic rings. The highest BCUT2D eigenvalue weighted by atomic mass is 19.1. The van der Waals surface area contributed by atoms with Crippen molar-refractivity contribution >= 4 is 18.1 Å². The number of likely N-dealkylation sites (tertiary alicyclic amines) is 1. The maximum Gasteiger partial charge on any atom is 0.341 e. The molecule has 0 N–H and O–H groups in total. The third kappa shape index (κ3) is 2.80. The molecule has 1 atom stereocenters. The van der Waals surface area contributed by atoms with Crippen molar-refractivity contribution in [3.05, 3.63) is 59.8 Å². The molecule has 2 saturated heterocycles. The number of carbonyl (C=O) groups is 1. The standard InChI is InChI=1S/C20H19F2N5O/c21-15-7-14(8-16(22)9-15)17-4-6-24-27(17)19(28)26-12-20(13-26)10-25(11-20)18-3-1-2-5-23-18/h1-3,5-9,17H,4,10-13H2/t17-/m0/s1. The van der Waals surface area contributed by atoms with Gasteiger partial charge in [0.2, 0.25) is 0 Å². The molecule has 1 aromatic heterocycles. The van der Waals surface area contributed by atoms with Gasteiger partial charge in [0.25, 0.3) is 0 Å². The summed E-state index contributed by atoms with van der Waals surface area (Å²) in [4.78, 5) is 21.2. The molecule has 2 fully saturated rings. The van der Waals surface area contributed by atoms with E-state index in [9.17, 15) is 13.6 Å². The minimum atomic E-state index is -0.652. The van der Waals surface area contributed by atoms with Gasteiger partial charge in [0, 0.05) is 56.5 Å². The van der Waals surface area contributed by atoms with Crippen molar-refractivity contribution in [1.29, 1.82) is 0 Å². The van der Waals surface area contributed by atoms with Gasteiger partial charge in [-0.25, -0.2) is 23.6 Å². The zero-order valence-corrected chi connectivity index (χ0v) is 15.1. The number of hydrogen-bond donors (Lipinski definition) is 0. The molecule has 5 rings (SSSR count). The molecule has 8 heteroatoms. The predicted molar refractivity (Wildman–Crippen MR) is 99.9 cm³/mol. The normalized spacial score (nSPS) is 22.4. The van der Waals surface area contributed by atoms with Crippen molar-refractivity contribution < 1.29 is 13.6 Å². The average molecular weight is 383 g/mol. The van der Waals surface area contributed by atoms with Gasteiger partial charge in [-0.1, -0.05) is 6.07 Å². The lowest BCUT2D eigenvalue weighted by Gasteiger charge is -2.60. The Hall–Kier alpha value is -3.03. The Morgan fingerprint density at radius 2 is 1.82 bits per heavy atom. The van der Waals surface area contributed by atoms with Crippen molar-refractivity contribution in [2.24, 2.45) is 10.5 Å². The average Bonchev–Trinajstić information content (AvgIpc) is 3.09. The first-order chi connectivity index (χ1) is 13.5. The lowest BCUT2D eigenvalue weighted by atomic mass is 9.73. The lowest BCUT2D eigenvalue weighted by molar-refractivity contribution is -0.00689. The van der Waals surface area contributed by atoms with Gasteiger partial charge < -0.3 is 9.80 Å². The lowest BCUT2D eigenvalue weighted by Crippen LogP contribution is -2.74. The van der Waals surface area contributed by atoms with Crippen LogP contribution >= 0.6 is 0 Å².